The van der Waals surface area contributed by atoms with E-state index in [9.17, 15) is 0 Å². The van der Waals surface area contributed by atoms with Gasteiger partial charge in [-0.15, -0.1) is 0 Å². The normalized spacial score (nSPS) is 9.77. The van der Waals surface area contributed by atoms with Crippen molar-refractivity contribution in [2.75, 3.05) is 18.5 Å². The molecule has 0 amide bonds. The van der Waals surface area contributed by atoms with Gasteiger partial charge in [-0.25, -0.2) is 4.98 Å². The van der Waals surface area contributed by atoms with Crippen molar-refractivity contribution >= 4 is 17.4 Å². The van der Waals surface area contributed by atoms with Gasteiger partial charge in [-0.1, -0.05) is 23.8 Å². The molecule has 0 spiro atoms. The van der Waals surface area contributed by atoms with E-state index in [0.717, 1.165) is 17.9 Å². The van der Waals surface area contributed by atoms with E-state index in [4.69, 9.17) is 11.6 Å². The Morgan fingerprint density at radius 1 is 1.62 bits per heavy atom. The summed E-state index contributed by atoms with van der Waals surface area (Å²) in [6.45, 7) is 6.65. The maximum absolute atomic E-state index is 5.72. The van der Waals surface area contributed by atoms with Gasteiger partial charge in [0.25, 0.3) is 0 Å². The quantitative estimate of drug-likeness (QED) is 0.692. The second-order valence-corrected chi connectivity index (χ2v) is 3.58. The third-order valence-corrected chi connectivity index (χ3v) is 1.83. The van der Waals surface area contributed by atoms with E-state index in [1.54, 1.807) is 6.20 Å². The van der Waals surface area contributed by atoms with E-state index in [2.05, 4.69) is 11.6 Å². The minimum Gasteiger partial charge on any atom is -0.356 e. The van der Waals surface area contributed by atoms with Crippen LogP contribution in [0.3, 0.4) is 0 Å². The zero-order valence-electron chi connectivity index (χ0n) is 7.92. The molecule has 1 rings (SSSR count). The van der Waals surface area contributed by atoms with Gasteiger partial charge in [-0.3, -0.25) is 0 Å². The molecule has 2 nitrogen and oxygen atoms in total. The van der Waals surface area contributed by atoms with Crippen LogP contribution < -0.4 is 4.90 Å². The highest BCUT2D eigenvalue weighted by Gasteiger charge is 2.00. The van der Waals surface area contributed by atoms with Gasteiger partial charge in [0.15, 0.2) is 0 Å². The summed E-state index contributed by atoms with van der Waals surface area (Å²) in [5.41, 5.74) is 1.11. The molecule has 0 aliphatic carbocycles. The minimum absolute atomic E-state index is 0.660. The van der Waals surface area contributed by atoms with Gasteiger partial charge >= 0.3 is 0 Å². The maximum Gasteiger partial charge on any atom is 0.128 e. The van der Waals surface area contributed by atoms with Crippen molar-refractivity contribution in [1.29, 1.82) is 0 Å². The number of aromatic nitrogens is 1. The molecule has 0 N–H and O–H groups in total. The Kier molecular flexibility index (Phi) is 3.32. The molecule has 70 valence electrons. The Balaban J connectivity index is 2.71. The largest absolute Gasteiger partial charge is 0.356 e. The zero-order valence-corrected chi connectivity index (χ0v) is 8.67. The molecule has 0 unspecified atom stereocenters. The van der Waals surface area contributed by atoms with Crippen LogP contribution in [0.5, 0.6) is 0 Å². The molecular weight excluding hydrogens is 184 g/mol. The Bertz CT molecular complexity index is 292. The summed E-state index contributed by atoms with van der Waals surface area (Å²) in [6.07, 6.45) is 1.64. The lowest BCUT2D eigenvalue weighted by molar-refractivity contribution is 0.954. The van der Waals surface area contributed by atoms with E-state index >= 15 is 0 Å². The molecule has 0 fully saturated rings. The lowest BCUT2D eigenvalue weighted by Crippen LogP contribution is -2.19. The van der Waals surface area contributed by atoms with Crippen LogP contribution in [0.25, 0.3) is 0 Å². The van der Waals surface area contributed by atoms with Crippen LogP contribution in [0, 0.1) is 0 Å². The van der Waals surface area contributed by atoms with E-state index in [1.807, 2.05) is 31.0 Å². The van der Waals surface area contributed by atoms with Gasteiger partial charge < -0.3 is 4.90 Å². The molecule has 13 heavy (non-hydrogen) atoms. The van der Waals surface area contributed by atoms with Crippen molar-refractivity contribution < 1.29 is 0 Å². The Morgan fingerprint density at radius 3 is 2.77 bits per heavy atom. The molecule has 0 radical (unpaired) electrons. The summed E-state index contributed by atoms with van der Waals surface area (Å²) in [4.78, 5) is 6.21. The summed E-state index contributed by atoms with van der Waals surface area (Å²) in [5, 5.41) is 0.660. The predicted octanol–water partition coefficient (Wildman–Crippen LogP) is 2.75. The van der Waals surface area contributed by atoms with Crippen LogP contribution in [0.15, 0.2) is 30.5 Å². The first-order valence-electron chi connectivity index (χ1n) is 4.06. The van der Waals surface area contributed by atoms with Crippen LogP contribution in [-0.2, 0) is 0 Å². The monoisotopic (exact) mass is 196 g/mol. The van der Waals surface area contributed by atoms with E-state index in [1.165, 1.54) is 0 Å². The van der Waals surface area contributed by atoms with Gasteiger partial charge in [-0.05, 0) is 19.1 Å². The molecule has 1 aromatic rings. The smallest absolute Gasteiger partial charge is 0.128 e. The molecule has 0 bridgehead atoms. The van der Waals surface area contributed by atoms with Crippen LogP contribution in [-0.4, -0.2) is 18.6 Å². The van der Waals surface area contributed by atoms with Crippen molar-refractivity contribution in [2.45, 2.75) is 6.92 Å². The summed E-state index contributed by atoms with van der Waals surface area (Å²) in [6, 6.07) is 3.73. The first-order valence-corrected chi connectivity index (χ1v) is 4.44. The Morgan fingerprint density at radius 2 is 2.31 bits per heavy atom. The average molecular weight is 197 g/mol. The molecule has 3 heteroatoms. The second-order valence-electron chi connectivity index (χ2n) is 3.15. The van der Waals surface area contributed by atoms with E-state index < -0.39 is 0 Å². The summed E-state index contributed by atoms with van der Waals surface area (Å²) >= 11 is 5.72. The maximum atomic E-state index is 5.72. The first kappa shape index (κ1) is 10.1. The minimum atomic E-state index is 0.660. The highest BCUT2D eigenvalue weighted by Crippen LogP contribution is 2.13. The number of pyridine rings is 1. The molecule has 0 atom stereocenters. The number of hydrogen-bond acceptors (Lipinski definition) is 2. The number of halogens is 1. The van der Waals surface area contributed by atoms with Gasteiger partial charge in [0, 0.05) is 19.8 Å². The number of likely N-dealkylation sites (N-methyl/N-ethyl adjacent to an activating group) is 1. The summed E-state index contributed by atoms with van der Waals surface area (Å²) in [7, 11) is 1.98. The summed E-state index contributed by atoms with van der Waals surface area (Å²) < 4.78 is 0. The third kappa shape index (κ3) is 3.07. The Hall–Kier alpha value is -1.02. The van der Waals surface area contributed by atoms with Crippen LogP contribution in [0.1, 0.15) is 6.92 Å². The average Bonchev–Trinajstić information content (AvgIpc) is 2.04. The fourth-order valence-electron chi connectivity index (χ4n) is 1.08. The predicted molar refractivity (Wildman–Crippen MR) is 57.3 cm³/mol. The van der Waals surface area contributed by atoms with Crippen molar-refractivity contribution in [1.82, 2.24) is 4.98 Å². The van der Waals surface area contributed by atoms with Crippen molar-refractivity contribution in [3.63, 3.8) is 0 Å². The van der Waals surface area contributed by atoms with Crippen LogP contribution >= 0.6 is 11.6 Å². The standard InChI is InChI=1S/C10H13ClN2/c1-8(2)7-13(3)10-5-4-9(11)6-12-10/h4-6H,1,7H2,2-3H3. The molecule has 0 saturated carbocycles. The number of rotatable bonds is 3. The number of hydrogen-bond donors (Lipinski definition) is 0. The SMILES string of the molecule is C=C(C)CN(C)c1ccc(Cl)cn1. The topological polar surface area (TPSA) is 16.1 Å². The fourth-order valence-corrected chi connectivity index (χ4v) is 1.19. The second kappa shape index (κ2) is 4.28. The lowest BCUT2D eigenvalue weighted by Gasteiger charge is -2.17. The lowest BCUT2D eigenvalue weighted by atomic mass is 10.3. The zero-order chi connectivity index (χ0) is 9.84. The fraction of sp³-hybridized carbons (Fsp3) is 0.300. The van der Waals surface area contributed by atoms with Crippen molar-refractivity contribution in [3.8, 4) is 0 Å². The van der Waals surface area contributed by atoms with Gasteiger partial charge in [0.2, 0.25) is 0 Å². The molecule has 0 aromatic carbocycles. The van der Waals surface area contributed by atoms with Crippen molar-refractivity contribution in [2.24, 2.45) is 0 Å². The van der Waals surface area contributed by atoms with Gasteiger partial charge in [0.05, 0.1) is 5.02 Å². The molecule has 0 saturated heterocycles. The highest BCUT2D eigenvalue weighted by molar-refractivity contribution is 6.30. The van der Waals surface area contributed by atoms with Crippen molar-refractivity contribution in [3.05, 3.63) is 35.5 Å². The highest BCUT2D eigenvalue weighted by atomic mass is 35.5. The molecule has 1 heterocycles. The molecule has 1 aromatic heterocycles. The Labute approximate surface area is 83.8 Å². The molecular formula is C10H13ClN2. The molecule has 0 aliphatic rings. The summed E-state index contributed by atoms with van der Waals surface area (Å²) in [5.74, 6) is 0.910. The molecule has 0 aliphatic heterocycles. The van der Waals surface area contributed by atoms with E-state index in [0.29, 0.717) is 5.02 Å². The van der Waals surface area contributed by atoms with Crippen LogP contribution in [0.4, 0.5) is 5.82 Å². The van der Waals surface area contributed by atoms with Gasteiger partial charge in [0.1, 0.15) is 5.82 Å². The van der Waals surface area contributed by atoms with Crippen LogP contribution in [0.2, 0.25) is 5.02 Å². The van der Waals surface area contributed by atoms with Gasteiger partial charge in [-0.2, -0.15) is 0 Å². The number of anilines is 1. The third-order valence-electron chi connectivity index (χ3n) is 1.61. The first-order chi connectivity index (χ1) is 6.09. The van der Waals surface area contributed by atoms with E-state index in [-0.39, 0.29) is 0 Å². The number of nitrogens with zero attached hydrogens (tertiary/aromatic N) is 2.